The van der Waals surface area contributed by atoms with Crippen LogP contribution in [0.3, 0.4) is 0 Å². The highest BCUT2D eigenvalue weighted by Gasteiger charge is 2.30. The van der Waals surface area contributed by atoms with Crippen LogP contribution in [0.5, 0.6) is 0 Å². The van der Waals surface area contributed by atoms with Gasteiger partial charge in [0.25, 0.3) is 0 Å². The molecule has 0 saturated carbocycles. The number of rotatable bonds is 0. The normalized spacial score (nSPS) is 21.5. The minimum absolute atomic E-state index is 0.684. The van der Waals surface area contributed by atoms with E-state index in [9.17, 15) is 0 Å². The van der Waals surface area contributed by atoms with Gasteiger partial charge in [-0.25, -0.2) is 0 Å². The van der Waals surface area contributed by atoms with Gasteiger partial charge in [-0.15, -0.1) is 0 Å². The number of hydrogen-bond acceptors (Lipinski definition) is 2. The van der Waals surface area contributed by atoms with Gasteiger partial charge in [0.2, 0.25) is 0 Å². The van der Waals surface area contributed by atoms with Gasteiger partial charge >= 0.3 is 0 Å². The number of aromatic nitrogens is 2. The molecule has 3 heteroatoms. The van der Waals surface area contributed by atoms with E-state index >= 15 is 0 Å². The maximum Gasteiger partial charge on any atom is 0.0618 e. The monoisotopic (exact) mass is 327 g/mol. The Labute approximate surface area is 148 Å². The zero-order valence-electron chi connectivity index (χ0n) is 14.5. The van der Waals surface area contributed by atoms with E-state index in [1.165, 1.54) is 48.1 Å². The third kappa shape index (κ3) is 2.54. The lowest BCUT2D eigenvalue weighted by Gasteiger charge is -2.26. The summed E-state index contributed by atoms with van der Waals surface area (Å²) in [7, 11) is 0. The van der Waals surface area contributed by atoms with Crippen LogP contribution in [0.4, 0.5) is 0 Å². The molecule has 1 fully saturated rings. The average molecular weight is 327 g/mol. The number of para-hydroxylation sites is 1. The van der Waals surface area contributed by atoms with Gasteiger partial charge in [-0.1, -0.05) is 24.0 Å². The second-order valence-electron chi connectivity index (χ2n) is 7.23. The van der Waals surface area contributed by atoms with Crippen molar-refractivity contribution in [2.75, 3.05) is 13.1 Å². The summed E-state index contributed by atoms with van der Waals surface area (Å²) >= 11 is 0. The van der Waals surface area contributed by atoms with Crippen LogP contribution in [0.15, 0.2) is 36.5 Å². The summed E-state index contributed by atoms with van der Waals surface area (Å²) < 4.78 is 0. The van der Waals surface area contributed by atoms with Gasteiger partial charge < -0.3 is 4.98 Å². The molecule has 0 spiro atoms. The molecule has 0 radical (unpaired) electrons. The smallest absolute Gasteiger partial charge is 0.0618 e. The molecule has 3 aliphatic heterocycles. The number of nitrogens with zero attached hydrogens (tertiary/aromatic N) is 2. The SMILES string of the molecule is Cc1ccc(C#Cc2cccc3c4c([nH]c23)C2CCN(CC2)C4)cn1. The molecule has 0 atom stereocenters. The third-order valence-corrected chi connectivity index (χ3v) is 5.60. The molecule has 0 aliphatic carbocycles. The summed E-state index contributed by atoms with van der Waals surface area (Å²) in [6, 6.07) is 10.5. The fraction of sp³-hybridized carbons (Fsp3) is 0.318. The first-order chi connectivity index (χ1) is 12.3. The van der Waals surface area contributed by atoms with Gasteiger partial charge in [0, 0.05) is 46.6 Å². The van der Waals surface area contributed by atoms with Crippen molar-refractivity contribution in [2.24, 2.45) is 0 Å². The minimum atomic E-state index is 0.684. The lowest BCUT2D eigenvalue weighted by Crippen LogP contribution is -2.29. The van der Waals surface area contributed by atoms with E-state index in [4.69, 9.17) is 0 Å². The van der Waals surface area contributed by atoms with Gasteiger partial charge in [-0.3, -0.25) is 9.88 Å². The summed E-state index contributed by atoms with van der Waals surface area (Å²) in [5.74, 6) is 7.31. The zero-order chi connectivity index (χ0) is 16.8. The topological polar surface area (TPSA) is 31.9 Å². The molecular weight excluding hydrogens is 306 g/mol. The van der Waals surface area contributed by atoms with Gasteiger partial charge in [-0.05, 0) is 56.6 Å². The number of fused-ring (bicyclic) bond motifs is 3. The Hall–Kier alpha value is -2.57. The Balaban J connectivity index is 1.61. The van der Waals surface area contributed by atoms with E-state index < -0.39 is 0 Å². The number of aryl methyl sites for hydroxylation is 1. The van der Waals surface area contributed by atoms with Crippen LogP contribution in [0.1, 0.15) is 46.8 Å². The standard InChI is InChI=1S/C22H21N3/c1-15-5-6-16(13-23-15)7-8-17-3-2-4-19-20-14-25-11-9-18(10-12-25)22(20)24-21(17)19/h2-6,13,18,24H,9-12,14H2,1H3. The first kappa shape index (κ1) is 14.7. The number of H-pyrrole nitrogens is 1. The number of pyridine rings is 1. The van der Waals surface area contributed by atoms with Crippen LogP contribution in [0, 0.1) is 18.8 Å². The lowest BCUT2D eigenvalue weighted by atomic mass is 9.94. The van der Waals surface area contributed by atoms with Crippen molar-refractivity contribution in [3.05, 3.63) is 64.6 Å². The second-order valence-corrected chi connectivity index (χ2v) is 7.23. The molecular formula is C22H21N3. The van der Waals surface area contributed by atoms with Crippen LogP contribution in [-0.2, 0) is 6.54 Å². The molecule has 124 valence electrons. The maximum atomic E-state index is 4.33. The molecule has 3 nitrogen and oxygen atoms in total. The van der Waals surface area contributed by atoms with Crippen molar-refractivity contribution in [1.29, 1.82) is 0 Å². The van der Waals surface area contributed by atoms with Crippen molar-refractivity contribution in [2.45, 2.75) is 32.2 Å². The van der Waals surface area contributed by atoms with Gasteiger partial charge in [0.05, 0.1) is 5.52 Å². The predicted molar refractivity (Wildman–Crippen MR) is 101 cm³/mol. The molecule has 1 saturated heterocycles. The predicted octanol–water partition coefficient (Wildman–Crippen LogP) is 3.96. The van der Waals surface area contributed by atoms with E-state index in [1.807, 2.05) is 25.3 Å². The average Bonchev–Trinajstić information content (AvgIpc) is 2.82. The quantitative estimate of drug-likeness (QED) is 0.634. The van der Waals surface area contributed by atoms with Gasteiger partial charge in [0.1, 0.15) is 0 Å². The first-order valence-corrected chi connectivity index (χ1v) is 9.08. The van der Waals surface area contributed by atoms with E-state index in [-0.39, 0.29) is 0 Å². The molecule has 1 N–H and O–H groups in total. The Morgan fingerprint density at radius 1 is 1.12 bits per heavy atom. The fourth-order valence-electron chi connectivity index (χ4n) is 4.20. The van der Waals surface area contributed by atoms with E-state index in [1.54, 1.807) is 0 Å². The number of piperidine rings is 1. The highest BCUT2D eigenvalue weighted by molar-refractivity contribution is 5.90. The molecule has 0 unspecified atom stereocenters. The number of benzene rings is 1. The van der Waals surface area contributed by atoms with Crippen molar-refractivity contribution >= 4 is 10.9 Å². The lowest BCUT2D eigenvalue weighted by molar-refractivity contribution is 0.220. The molecule has 1 aromatic carbocycles. The minimum Gasteiger partial charge on any atom is -0.357 e. The van der Waals surface area contributed by atoms with Crippen LogP contribution in [0.2, 0.25) is 0 Å². The molecule has 6 rings (SSSR count). The third-order valence-electron chi connectivity index (χ3n) is 5.60. The Morgan fingerprint density at radius 2 is 2.00 bits per heavy atom. The molecule has 2 bridgehead atoms. The Bertz CT molecular complexity index is 993. The van der Waals surface area contributed by atoms with Gasteiger partial charge in [0.15, 0.2) is 0 Å². The number of hydrogen-bond donors (Lipinski definition) is 1. The highest BCUT2D eigenvalue weighted by atomic mass is 15.1. The fourth-order valence-corrected chi connectivity index (χ4v) is 4.20. The number of aromatic amines is 1. The molecule has 3 aromatic rings. The van der Waals surface area contributed by atoms with Crippen molar-refractivity contribution in [3.63, 3.8) is 0 Å². The van der Waals surface area contributed by atoms with Crippen LogP contribution < -0.4 is 0 Å². The van der Waals surface area contributed by atoms with E-state index in [2.05, 4.69) is 44.9 Å². The summed E-state index contributed by atoms with van der Waals surface area (Å²) in [5.41, 5.74) is 7.22. The van der Waals surface area contributed by atoms with E-state index in [0.717, 1.165) is 23.4 Å². The summed E-state index contributed by atoms with van der Waals surface area (Å²) in [6.07, 6.45) is 4.39. The molecule has 2 aromatic heterocycles. The van der Waals surface area contributed by atoms with Crippen LogP contribution >= 0.6 is 0 Å². The second kappa shape index (κ2) is 5.75. The summed E-state index contributed by atoms with van der Waals surface area (Å²) in [6.45, 7) is 5.53. The highest BCUT2D eigenvalue weighted by Crippen LogP contribution is 2.39. The van der Waals surface area contributed by atoms with Crippen molar-refractivity contribution in [1.82, 2.24) is 14.9 Å². The van der Waals surface area contributed by atoms with Gasteiger partial charge in [-0.2, -0.15) is 0 Å². The maximum absolute atomic E-state index is 4.33. The Kier molecular flexibility index (Phi) is 3.39. The molecule has 25 heavy (non-hydrogen) atoms. The Morgan fingerprint density at radius 3 is 2.80 bits per heavy atom. The molecule has 5 heterocycles. The van der Waals surface area contributed by atoms with Crippen LogP contribution in [0.25, 0.3) is 10.9 Å². The number of nitrogens with one attached hydrogen (secondary N) is 1. The molecule has 3 aliphatic rings. The molecule has 0 amide bonds. The first-order valence-electron chi connectivity index (χ1n) is 9.08. The largest absolute Gasteiger partial charge is 0.357 e. The van der Waals surface area contributed by atoms with E-state index in [0.29, 0.717) is 5.92 Å². The van der Waals surface area contributed by atoms with Crippen molar-refractivity contribution < 1.29 is 0 Å². The van der Waals surface area contributed by atoms with Crippen molar-refractivity contribution in [3.8, 4) is 11.8 Å². The summed E-state index contributed by atoms with van der Waals surface area (Å²) in [5, 5.41) is 1.35. The summed E-state index contributed by atoms with van der Waals surface area (Å²) in [4.78, 5) is 10.7. The van der Waals surface area contributed by atoms with Crippen LogP contribution in [-0.4, -0.2) is 28.0 Å². The zero-order valence-corrected chi connectivity index (χ0v) is 14.5.